The number of aromatic nitrogens is 1. The van der Waals surface area contributed by atoms with E-state index in [1.807, 2.05) is 25.1 Å². The number of anilines is 1. The quantitative estimate of drug-likeness (QED) is 0.815. The van der Waals surface area contributed by atoms with Gasteiger partial charge in [0.2, 0.25) is 0 Å². The zero-order valence-corrected chi connectivity index (χ0v) is 9.88. The number of halogens is 1. The molecule has 1 aliphatic carbocycles. The van der Waals surface area contributed by atoms with Crippen molar-refractivity contribution in [3.8, 4) is 0 Å². The van der Waals surface area contributed by atoms with E-state index in [2.05, 4.69) is 0 Å². The first kappa shape index (κ1) is 9.91. The van der Waals surface area contributed by atoms with Crippen LogP contribution < -0.4 is 5.73 Å². The van der Waals surface area contributed by atoms with E-state index in [0.717, 1.165) is 27.8 Å². The second-order valence-corrected chi connectivity index (χ2v) is 4.91. The average Bonchev–Trinajstić information content (AvgIpc) is 3.06. The molecule has 0 spiro atoms. The number of aryl methyl sites for hydroxylation is 1. The summed E-state index contributed by atoms with van der Waals surface area (Å²) in [4.78, 5) is 4.69. The molecule has 3 heteroatoms. The summed E-state index contributed by atoms with van der Waals surface area (Å²) in [5.41, 5.74) is 10.0. The lowest BCUT2D eigenvalue weighted by Gasteiger charge is -2.09. The van der Waals surface area contributed by atoms with Crippen LogP contribution in [0.4, 0.5) is 5.69 Å². The van der Waals surface area contributed by atoms with Gasteiger partial charge in [0.05, 0.1) is 10.5 Å². The summed E-state index contributed by atoms with van der Waals surface area (Å²) >= 11 is 6.16. The van der Waals surface area contributed by atoms with E-state index in [1.165, 1.54) is 12.8 Å². The fourth-order valence-electron chi connectivity index (χ4n) is 2.07. The molecular formula is C13H13ClN2. The van der Waals surface area contributed by atoms with Crippen molar-refractivity contribution in [3.63, 3.8) is 0 Å². The Morgan fingerprint density at radius 1 is 1.38 bits per heavy atom. The van der Waals surface area contributed by atoms with Gasteiger partial charge >= 0.3 is 0 Å². The van der Waals surface area contributed by atoms with Gasteiger partial charge in [-0.1, -0.05) is 17.7 Å². The molecule has 82 valence electrons. The molecule has 0 unspecified atom stereocenters. The van der Waals surface area contributed by atoms with Crippen LogP contribution in [0.15, 0.2) is 18.2 Å². The molecule has 0 saturated heterocycles. The summed E-state index contributed by atoms with van der Waals surface area (Å²) in [7, 11) is 0. The fourth-order valence-corrected chi connectivity index (χ4v) is 2.33. The molecule has 0 aliphatic heterocycles. The van der Waals surface area contributed by atoms with Crippen LogP contribution in [0, 0.1) is 6.92 Å². The third-order valence-electron chi connectivity index (χ3n) is 3.16. The van der Waals surface area contributed by atoms with Crippen LogP contribution in [-0.4, -0.2) is 4.98 Å². The van der Waals surface area contributed by atoms with E-state index in [9.17, 15) is 0 Å². The average molecular weight is 233 g/mol. The van der Waals surface area contributed by atoms with E-state index in [-0.39, 0.29) is 0 Å². The second-order valence-electron chi connectivity index (χ2n) is 4.50. The monoisotopic (exact) mass is 232 g/mol. The van der Waals surface area contributed by atoms with Gasteiger partial charge in [-0.05, 0) is 37.5 Å². The first-order valence-corrected chi connectivity index (χ1v) is 5.90. The molecule has 2 aromatic rings. The molecule has 0 radical (unpaired) electrons. The maximum atomic E-state index is 6.16. The van der Waals surface area contributed by atoms with Gasteiger partial charge in [0.15, 0.2) is 0 Å². The highest BCUT2D eigenvalue weighted by Crippen LogP contribution is 2.41. The van der Waals surface area contributed by atoms with Crippen molar-refractivity contribution in [1.82, 2.24) is 4.98 Å². The molecule has 2 N–H and O–H groups in total. The van der Waals surface area contributed by atoms with Gasteiger partial charge in [0.1, 0.15) is 0 Å². The normalized spacial score (nSPS) is 15.6. The minimum atomic E-state index is 0.616. The summed E-state index contributed by atoms with van der Waals surface area (Å²) in [6.45, 7) is 2.04. The predicted molar refractivity (Wildman–Crippen MR) is 67.9 cm³/mol. The Morgan fingerprint density at radius 2 is 2.12 bits per heavy atom. The van der Waals surface area contributed by atoms with E-state index in [4.69, 9.17) is 22.3 Å². The summed E-state index contributed by atoms with van der Waals surface area (Å²) < 4.78 is 0. The van der Waals surface area contributed by atoms with Gasteiger partial charge in [-0.3, -0.25) is 4.98 Å². The maximum Gasteiger partial charge on any atom is 0.0770 e. The molecule has 3 rings (SSSR count). The minimum absolute atomic E-state index is 0.616. The Balaban J connectivity index is 2.36. The van der Waals surface area contributed by atoms with Crippen LogP contribution in [0.3, 0.4) is 0 Å². The third kappa shape index (κ3) is 1.45. The lowest BCUT2D eigenvalue weighted by molar-refractivity contribution is 1.04. The van der Waals surface area contributed by atoms with Crippen molar-refractivity contribution in [3.05, 3.63) is 34.5 Å². The molecule has 0 amide bonds. The molecule has 1 saturated carbocycles. The summed E-state index contributed by atoms with van der Waals surface area (Å²) in [6, 6.07) is 5.85. The number of nitrogens with two attached hydrogens (primary N) is 1. The number of rotatable bonds is 1. The Labute approximate surface area is 99.4 Å². The Morgan fingerprint density at radius 3 is 2.81 bits per heavy atom. The highest BCUT2D eigenvalue weighted by molar-refractivity contribution is 6.36. The molecule has 1 heterocycles. The molecule has 1 aromatic carbocycles. The Bertz CT molecular complexity index is 574. The van der Waals surface area contributed by atoms with E-state index in [1.54, 1.807) is 0 Å². The molecule has 1 aliphatic rings. The number of nitrogens with zero attached hydrogens (tertiary/aromatic N) is 1. The third-order valence-corrected chi connectivity index (χ3v) is 3.47. The zero-order valence-electron chi connectivity index (χ0n) is 9.13. The number of hydrogen-bond acceptors (Lipinski definition) is 2. The summed E-state index contributed by atoms with van der Waals surface area (Å²) in [5, 5.41) is 1.58. The van der Waals surface area contributed by atoms with Gasteiger partial charge in [-0.2, -0.15) is 0 Å². The molecule has 1 aromatic heterocycles. The lowest BCUT2D eigenvalue weighted by atomic mass is 10.1. The van der Waals surface area contributed by atoms with E-state index in [0.29, 0.717) is 10.9 Å². The first-order chi connectivity index (χ1) is 7.66. The number of nitrogen functional groups attached to an aromatic ring is 1. The summed E-state index contributed by atoms with van der Waals surface area (Å²) in [6.07, 6.45) is 2.47. The lowest BCUT2D eigenvalue weighted by Crippen LogP contribution is -1.96. The fraction of sp³-hybridized carbons (Fsp3) is 0.308. The molecule has 1 fully saturated rings. The Hall–Kier alpha value is -1.28. The SMILES string of the molecule is Cc1ccc(Cl)c2c(N)cc(C3CC3)nc12. The number of pyridine rings is 1. The van der Waals surface area contributed by atoms with Crippen molar-refractivity contribution in [2.75, 3.05) is 5.73 Å². The van der Waals surface area contributed by atoms with Crippen LogP contribution in [-0.2, 0) is 0 Å². The zero-order chi connectivity index (χ0) is 11.3. The van der Waals surface area contributed by atoms with Crippen molar-refractivity contribution >= 4 is 28.2 Å². The van der Waals surface area contributed by atoms with Crippen LogP contribution in [0.2, 0.25) is 5.02 Å². The van der Waals surface area contributed by atoms with Gasteiger partial charge < -0.3 is 5.73 Å². The molecule has 2 nitrogen and oxygen atoms in total. The van der Waals surface area contributed by atoms with Crippen molar-refractivity contribution in [2.24, 2.45) is 0 Å². The smallest absolute Gasteiger partial charge is 0.0770 e. The predicted octanol–water partition coefficient (Wildman–Crippen LogP) is 3.66. The first-order valence-electron chi connectivity index (χ1n) is 5.52. The molecular weight excluding hydrogens is 220 g/mol. The molecule has 0 bridgehead atoms. The number of benzene rings is 1. The van der Waals surface area contributed by atoms with Crippen LogP contribution in [0.5, 0.6) is 0 Å². The topological polar surface area (TPSA) is 38.9 Å². The number of hydrogen-bond donors (Lipinski definition) is 1. The second kappa shape index (κ2) is 3.36. The van der Waals surface area contributed by atoms with Gasteiger partial charge in [-0.15, -0.1) is 0 Å². The highest BCUT2D eigenvalue weighted by atomic mass is 35.5. The van der Waals surface area contributed by atoms with Crippen molar-refractivity contribution in [1.29, 1.82) is 0 Å². The van der Waals surface area contributed by atoms with Crippen LogP contribution >= 0.6 is 11.6 Å². The van der Waals surface area contributed by atoms with E-state index >= 15 is 0 Å². The largest absolute Gasteiger partial charge is 0.398 e. The maximum absolute atomic E-state index is 6.16. The van der Waals surface area contributed by atoms with Crippen LogP contribution in [0.1, 0.15) is 30.0 Å². The van der Waals surface area contributed by atoms with Gasteiger partial charge in [0.25, 0.3) is 0 Å². The van der Waals surface area contributed by atoms with Crippen molar-refractivity contribution in [2.45, 2.75) is 25.7 Å². The van der Waals surface area contributed by atoms with Gasteiger partial charge in [-0.25, -0.2) is 0 Å². The highest BCUT2D eigenvalue weighted by Gasteiger charge is 2.26. The molecule has 16 heavy (non-hydrogen) atoms. The van der Waals surface area contributed by atoms with Crippen molar-refractivity contribution < 1.29 is 0 Å². The number of fused-ring (bicyclic) bond motifs is 1. The Kier molecular flexibility index (Phi) is 2.08. The minimum Gasteiger partial charge on any atom is -0.398 e. The molecule has 0 atom stereocenters. The van der Waals surface area contributed by atoms with Gasteiger partial charge in [0, 0.05) is 22.7 Å². The summed E-state index contributed by atoms with van der Waals surface area (Å²) in [5.74, 6) is 0.616. The van der Waals surface area contributed by atoms with E-state index < -0.39 is 0 Å². The van der Waals surface area contributed by atoms with Crippen LogP contribution in [0.25, 0.3) is 10.9 Å². The standard InChI is InChI=1S/C13H13ClN2/c1-7-2-5-9(14)12-10(15)6-11(8-3-4-8)16-13(7)12/h2,5-6,8H,3-4H2,1H3,(H2,15,16).